The second kappa shape index (κ2) is 6.79. The van der Waals surface area contributed by atoms with Gasteiger partial charge in [-0.2, -0.15) is 0 Å². The topological polar surface area (TPSA) is 57.6 Å². The number of benzene rings is 2. The van der Waals surface area contributed by atoms with Crippen LogP contribution in [0.3, 0.4) is 0 Å². The molecular formula is C22H23NO3. The van der Waals surface area contributed by atoms with Gasteiger partial charge >= 0.3 is 0 Å². The Morgan fingerprint density at radius 2 is 1.54 bits per heavy atom. The van der Waals surface area contributed by atoms with Crippen molar-refractivity contribution in [3.05, 3.63) is 83.1 Å². The Bertz CT molecular complexity index is 848. The third-order valence-corrected chi connectivity index (χ3v) is 4.54. The molecule has 1 amide bonds. The number of aliphatic hydroxyl groups is 1. The monoisotopic (exact) mass is 349 g/mol. The first-order valence-electron chi connectivity index (χ1n) is 8.68. The van der Waals surface area contributed by atoms with E-state index in [0.29, 0.717) is 6.54 Å². The molecule has 134 valence electrons. The molecule has 0 saturated carbocycles. The molecule has 1 aliphatic heterocycles. The molecule has 26 heavy (non-hydrogen) atoms. The van der Waals surface area contributed by atoms with Crippen molar-refractivity contribution < 1.29 is 14.7 Å². The van der Waals surface area contributed by atoms with Gasteiger partial charge in [-0.25, -0.2) is 0 Å². The van der Waals surface area contributed by atoms with Crippen molar-refractivity contribution in [1.29, 1.82) is 0 Å². The first-order chi connectivity index (χ1) is 12.3. The minimum atomic E-state index is -0.695. The van der Waals surface area contributed by atoms with Gasteiger partial charge in [-0.15, -0.1) is 0 Å². The van der Waals surface area contributed by atoms with E-state index in [0.717, 1.165) is 11.1 Å². The summed E-state index contributed by atoms with van der Waals surface area (Å²) in [6.45, 7) is 5.70. The third kappa shape index (κ3) is 3.27. The Labute approximate surface area is 153 Å². The maximum absolute atomic E-state index is 13.0. The molecule has 0 fully saturated rings. The Morgan fingerprint density at radius 1 is 1.00 bits per heavy atom. The summed E-state index contributed by atoms with van der Waals surface area (Å²) in [5.74, 6) is -1.15. The van der Waals surface area contributed by atoms with Crippen LogP contribution in [0.4, 0.5) is 0 Å². The van der Waals surface area contributed by atoms with Crippen LogP contribution in [0.25, 0.3) is 0 Å². The summed E-state index contributed by atoms with van der Waals surface area (Å²) in [5.41, 5.74) is 1.25. The van der Waals surface area contributed by atoms with Gasteiger partial charge in [-0.1, -0.05) is 81.4 Å². The number of nitrogens with zero attached hydrogens (tertiary/aromatic N) is 1. The van der Waals surface area contributed by atoms with Crippen LogP contribution in [0.5, 0.6) is 0 Å². The first-order valence-corrected chi connectivity index (χ1v) is 8.68. The van der Waals surface area contributed by atoms with Crippen LogP contribution in [0, 0.1) is 5.41 Å². The molecule has 2 aromatic carbocycles. The quantitative estimate of drug-likeness (QED) is 0.900. The van der Waals surface area contributed by atoms with E-state index < -0.39 is 23.1 Å². The molecular weight excluding hydrogens is 326 g/mol. The predicted octanol–water partition coefficient (Wildman–Crippen LogP) is 4.20. The van der Waals surface area contributed by atoms with Crippen molar-refractivity contribution in [3.8, 4) is 0 Å². The maximum atomic E-state index is 13.0. The molecule has 0 saturated heterocycles. The number of hydrogen-bond acceptors (Lipinski definition) is 3. The van der Waals surface area contributed by atoms with Gasteiger partial charge in [0.05, 0.1) is 11.6 Å². The zero-order chi connectivity index (χ0) is 18.9. The minimum Gasteiger partial charge on any atom is -0.503 e. The summed E-state index contributed by atoms with van der Waals surface area (Å²) in [5, 5.41) is 10.5. The van der Waals surface area contributed by atoms with E-state index in [4.69, 9.17) is 0 Å². The number of ketones is 1. The molecule has 1 aliphatic rings. The average molecular weight is 349 g/mol. The number of rotatable bonds is 4. The maximum Gasteiger partial charge on any atom is 0.290 e. The molecule has 4 nitrogen and oxygen atoms in total. The van der Waals surface area contributed by atoms with Crippen LogP contribution in [0.15, 0.2) is 72.0 Å². The lowest BCUT2D eigenvalue weighted by Crippen LogP contribution is -2.32. The van der Waals surface area contributed by atoms with Crippen LogP contribution in [-0.4, -0.2) is 21.7 Å². The van der Waals surface area contributed by atoms with Gasteiger partial charge in [-0.05, 0) is 11.1 Å². The molecule has 0 aliphatic carbocycles. The number of hydrogen-bond donors (Lipinski definition) is 1. The summed E-state index contributed by atoms with van der Waals surface area (Å²) in [7, 11) is 0. The lowest BCUT2D eigenvalue weighted by Gasteiger charge is -2.29. The average Bonchev–Trinajstić information content (AvgIpc) is 2.87. The lowest BCUT2D eigenvalue weighted by atomic mass is 9.82. The summed E-state index contributed by atoms with van der Waals surface area (Å²) < 4.78 is 0. The zero-order valence-corrected chi connectivity index (χ0v) is 15.3. The summed E-state index contributed by atoms with van der Waals surface area (Å²) in [4.78, 5) is 27.4. The van der Waals surface area contributed by atoms with E-state index in [2.05, 4.69) is 0 Å². The molecule has 1 unspecified atom stereocenters. The van der Waals surface area contributed by atoms with Crippen LogP contribution in [0.1, 0.15) is 37.9 Å². The molecule has 0 spiro atoms. The van der Waals surface area contributed by atoms with E-state index >= 15 is 0 Å². The van der Waals surface area contributed by atoms with Crippen molar-refractivity contribution >= 4 is 11.7 Å². The van der Waals surface area contributed by atoms with Crippen molar-refractivity contribution in [2.45, 2.75) is 33.4 Å². The highest BCUT2D eigenvalue weighted by Gasteiger charge is 2.45. The molecule has 0 radical (unpaired) electrons. The van der Waals surface area contributed by atoms with Crippen LogP contribution in [0.2, 0.25) is 0 Å². The van der Waals surface area contributed by atoms with Crippen molar-refractivity contribution in [2.75, 3.05) is 0 Å². The van der Waals surface area contributed by atoms with E-state index in [1.165, 1.54) is 0 Å². The molecule has 3 rings (SSSR count). The number of aliphatic hydroxyl groups excluding tert-OH is 1. The van der Waals surface area contributed by atoms with Gasteiger partial charge in [-0.3, -0.25) is 9.59 Å². The molecule has 2 aromatic rings. The van der Waals surface area contributed by atoms with E-state index in [-0.39, 0.29) is 11.4 Å². The Morgan fingerprint density at radius 3 is 2.08 bits per heavy atom. The van der Waals surface area contributed by atoms with Gasteiger partial charge < -0.3 is 10.0 Å². The molecule has 4 heteroatoms. The standard InChI is InChI=1S/C22H23NO3/c1-22(2,3)20(25)17-18(16-12-8-5-9-13-16)23(21(26)19(17)24)14-15-10-6-4-7-11-15/h4-13,18,24H,14H2,1-3H3. The second-order valence-corrected chi connectivity index (χ2v) is 7.57. The first kappa shape index (κ1) is 17.9. The highest BCUT2D eigenvalue weighted by Crippen LogP contribution is 2.41. The highest BCUT2D eigenvalue weighted by atomic mass is 16.3. The summed E-state index contributed by atoms with van der Waals surface area (Å²) in [6, 6.07) is 18.4. The van der Waals surface area contributed by atoms with Gasteiger partial charge in [0.25, 0.3) is 5.91 Å². The van der Waals surface area contributed by atoms with Crippen molar-refractivity contribution in [1.82, 2.24) is 4.90 Å². The van der Waals surface area contributed by atoms with Gasteiger partial charge in [0, 0.05) is 12.0 Å². The van der Waals surface area contributed by atoms with Crippen molar-refractivity contribution in [3.63, 3.8) is 0 Å². The second-order valence-electron chi connectivity index (χ2n) is 7.57. The third-order valence-electron chi connectivity index (χ3n) is 4.54. The summed E-state index contributed by atoms with van der Waals surface area (Å²) >= 11 is 0. The molecule has 1 atom stereocenters. The number of Topliss-reactive ketones (excluding diaryl/α,β-unsaturated/α-hetero) is 1. The predicted molar refractivity (Wildman–Crippen MR) is 100 cm³/mol. The Kier molecular flexibility index (Phi) is 4.68. The molecule has 0 bridgehead atoms. The summed E-state index contributed by atoms with van der Waals surface area (Å²) in [6.07, 6.45) is 0. The SMILES string of the molecule is CC(C)(C)C(=O)C1=C(O)C(=O)N(Cc2ccccc2)C1c1ccccc1. The van der Waals surface area contributed by atoms with E-state index in [9.17, 15) is 14.7 Å². The van der Waals surface area contributed by atoms with E-state index in [1.54, 1.807) is 25.7 Å². The Hall–Kier alpha value is -2.88. The Balaban J connectivity index is 2.08. The highest BCUT2D eigenvalue weighted by molar-refractivity contribution is 6.10. The molecule has 1 heterocycles. The number of amides is 1. The minimum absolute atomic E-state index is 0.185. The largest absolute Gasteiger partial charge is 0.503 e. The fraction of sp³-hybridized carbons (Fsp3) is 0.273. The smallest absolute Gasteiger partial charge is 0.290 e. The van der Waals surface area contributed by atoms with Gasteiger partial charge in [0.1, 0.15) is 0 Å². The zero-order valence-electron chi connectivity index (χ0n) is 15.3. The van der Waals surface area contributed by atoms with Crippen LogP contribution >= 0.6 is 0 Å². The normalized spacial score (nSPS) is 17.7. The van der Waals surface area contributed by atoms with Gasteiger partial charge in [0.2, 0.25) is 0 Å². The van der Waals surface area contributed by atoms with E-state index in [1.807, 2.05) is 60.7 Å². The molecule has 1 N–H and O–H groups in total. The lowest BCUT2D eigenvalue weighted by molar-refractivity contribution is -0.130. The number of carbonyl (C=O) groups is 2. The fourth-order valence-electron chi connectivity index (χ4n) is 3.21. The van der Waals surface area contributed by atoms with Crippen LogP contribution in [-0.2, 0) is 16.1 Å². The number of carbonyl (C=O) groups excluding carboxylic acids is 2. The van der Waals surface area contributed by atoms with Crippen LogP contribution < -0.4 is 0 Å². The molecule has 0 aromatic heterocycles. The van der Waals surface area contributed by atoms with Crippen molar-refractivity contribution in [2.24, 2.45) is 5.41 Å². The van der Waals surface area contributed by atoms with Gasteiger partial charge in [0.15, 0.2) is 11.5 Å². The fourth-order valence-corrected chi connectivity index (χ4v) is 3.21.